The molecule has 0 atom stereocenters. The molecule has 2 aromatic rings. The number of thiol groups is 1. The largest absolute Gasteiger partial charge is 0.402 e. The minimum Gasteiger partial charge on any atom is -0.402 e. The Hall–Kier alpha value is -1.61. The van der Waals surface area contributed by atoms with Gasteiger partial charge in [-0.25, -0.2) is 4.21 Å². The predicted octanol–water partition coefficient (Wildman–Crippen LogP) is 2.81. The second-order valence-corrected chi connectivity index (χ2v) is 3.80. The molecule has 0 aliphatic rings. The highest BCUT2D eigenvalue weighted by Crippen LogP contribution is 2.26. The summed E-state index contributed by atoms with van der Waals surface area (Å²) in [4.78, 5) is 0. The number of allylic oxidation sites excluding steroid dienone is 1. The summed E-state index contributed by atoms with van der Waals surface area (Å²) < 4.78 is 15.6. The molecule has 0 heterocycles. The van der Waals surface area contributed by atoms with E-state index < -0.39 is 0 Å². The van der Waals surface area contributed by atoms with Gasteiger partial charge in [-0.2, -0.15) is 0 Å². The molecule has 0 N–H and O–H groups in total. The number of hydrogen-bond donors (Lipinski definition) is 1. The highest BCUT2D eigenvalue weighted by atomic mass is 32.2. The van der Waals surface area contributed by atoms with E-state index in [2.05, 4.69) is 6.58 Å². The van der Waals surface area contributed by atoms with Gasteiger partial charge in [0.2, 0.25) is 0 Å². The van der Waals surface area contributed by atoms with Crippen LogP contribution in [0.1, 0.15) is 5.56 Å². The number of hydrogen-bond acceptors (Lipinski definition) is 2. The molecule has 0 aliphatic carbocycles. The molecule has 0 fully saturated rings. The minimum atomic E-state index is -0.329. The summed E-state index contributed by atoms with van der Waals surface area (Å²) in [5.74, 6) is 0.648. The molecule has 0 bridgehead atoms. The molecule has 16 heavy (non-hydrogen) atoms. The minimum absolute atomic E-state index is 0.329. The standard InChI is InChI=1S/C13H12O2S/c1-2-5-12-8-10-6-3-4-7-11(10)9-13(12)15-16-14/h2-4,6-9,16H,1,5H2. The van der Waals surface area contributed by atoms with Crippen LogP contribution in [0.4, 0.5) is 0 Å². The third-order valence-corrected chi connectivity index (χ3v) is 2.70. The van der Waals surface area contributed by atoms with Crippen LogP contribution in [0.2, 0.25) is 0 Å². The lowest BCUT2D eigenvalue weighted by Crippen LogP contribution is -1.91. The maximum absolute atomic E-state index is 10.5. The maximum atomic E-state index is 10.5. The van der Waals surface area contributed by atoms with Gasteiger partial charge in [-0.1, -0.05) is 30.3 Å². The zero-order valence-electron chi connectivity index (χ0n) is 8.72. The van der Waals surface area contributed by atoms with Crippen LogP contribution in [-0.4, -0.2) is 4.21 Å². The van der Waals surface area contributed by atoms with Crippen LogP contribution in [-0.2, 0) is 18.4 Å². The highest BCUT2D eigenvalue weighted by molar-refractivity contribution is 7.60. The first-order chi connectivity index (χ1) is 7.85. The van der Waals surface area contributed by atoms with Crippen molar-refractivity contribution in [3.05, 3.63) is 54.6 Å². The molecule has 0 amide bonds. The van der Waals surface area contributed by atoms with Crippen LogP contribution in [0.3, 0.4) is 0 Å². The zero-order chi connectivity index (χ0) is 11.4. The molecule has 3 heteroatoms. The number of benzene rings is 2. The average Bonchev–Trinajstić information content (AvgIpc) is 2.30. The average molecular weight is 232 g/mol. The lowest BCUT2D eigenvalue weighted by Gasteiger charge is -2.07. The third-order valence-electron chi connectivity index (χ3n) is 2.43. The molecular weight excluding hydrogens is 220 g/mol. The summed E-state index contributed by atoms with van der Waals surface area (Å²) in [5.41, 5.74) is 0.997. The maximum Gasteiger partial charge on any atom is 0.193 e. The summed E-state index contributed by atoms with van der Waals surface area (Å²) in [7, 11) is 0. The van der Waals surface area contributed by atoms with Crippen molar-refractivity contribution in [1.29, 1.82) is 0 Å². The van der Waals surface area contributed by atoms with E-state index in [1.807, 2.05) is 36.4 Å². The van der Waals surface area contributed by atoms with Crippen molar-refractivity contribution < 1.29 is 8.39 Å². The fourth-order valence-electron chi connectivity index (χ4n) is 1.71. The first kappa shape index (κ1) is 10.9. The summed E-state index contributed by atoms with van der Waals surface area (Å²) in [6.07, 6.45) is 2.51. The molecule has 0 radical (unpaired) electrons. The molecular formula is C13H12O2S. The Morgan fingerprint density at radius 2 is 1.94 bits per heavy atom. The summed E-state index contributed by atoms with van der Waals surface area (Å²) >= 11 is -0.329. The lowest BCUT2D eigenvalue weighted by molar-refractivity contribution is 0.578. The van der Waals surface area contributed by atoms with Crippen molar-refractivity contribution in [2.75, 3.05) is 0 Å². The van der Waals surface area contributed by atoms with Crippen LogP contribution >= 0.6 is 0 Å². The van der Waals surface area contributed by atoms with Gasteiger partial charge in [-0.05, 0) is 29.3 Å². The Balaban J connectivity index is 2.60. The Kier molecular flexibility index (Phi) is 3.37. The van der Waals surface area contributed by atoms with E-state index in [0.29, 0.717) is 12.2 Å². The van der Waals surface area contributed by atoms with Gasteiger partial charge >= 0.3 is 0 Å². The van der Waals surface area contributed by atoms with Crippen molar-refractivity contribution in [1.82, 2.24) is 0 Å². The van der Waals surface area contributed by atoms with E-state index in [9.17, 15) is 4.21 Å². The van der Waals surface area contributed by atoms with Gasteiger partial charge in [0.25, 0.3) is 0 Å². The Morgan fingerprint density at radius 1 is 1.25 bits per heavy atom. The SMILES string of the molecule is C=CCc1cc2ccccc2cc1O[SH]=O. The summed E-state index contributed by atoms with van der Waals surface area (Å²) in [6, 6.07) is 11.9. The van der Waals surface area contributed by atoms with Gasteiger partial charge in [0, 0.05) is 5.56 Å². The van der Waals surface area contributed by atoms with E-state index in [4.69, 9.17) is 4.18 Å². The van der Waals surface area contributed by atoms with Gasteiger partial charge in [0.1, 0.15) is 5.75 Å². The van der Waals surface area contributed by atoms with Gasteiger partial charge in [0.05, 0.1) is 0 Å². The van der Waals surface area contributed by atoms with Crippen molar-refractivity contribution in [2.24, 2.45) is 0 Å². The quantitative estimate of drug-likeness (QED) is 0.648. The fraction of sp³-hybridized carbons (Fsp3) is 0.0769. The Labute approximate surface area is 98.2 Å². The molecule has 0 saturated carbocycles. The molecule has 2 rings (SSSR count). The van der Waals surface area contributed by atoms with Crippen molar-refractivity contribution in [3.63, 3.8) is 0 Å². The van der Waals surface area contributed by atoms with Crippen molar-refractivity contribution in [2.45, 2.75) is 6.42 Å². The van der Waals surface area contributed by atoms with E-state index in [0.717, 1.165) is 16.3 Å². The molecule has 2 nitrogen and oxygen atoms in total. The van der Waals surface area contributed by atoms with E-state index in [1.54, 1.807) is 6.08 Å². The van der Waals surface area contributed by atoms with Crippen LogP contribution in [0.25, 0.3) is 10.8 Å². The second-order valence-electron chi connectivity index (χ2n) is 3.47. The van der Waals surface area contributed by atoms with Gasteiger partial charge in [-0.15, -0.1) is 6.58 Å². The number of rotatable bonds is 4. The van der Waals surface area contributed by atoms with Crippen LogP contribution in [0, 0.1) is 0 Å². The lowest BCUT2D eigenvalue weighted by atomic mass is 10.0. The first-order valence-electron chi connectivity index (χ1n) is 4.97. The molecule has 0 aliphatic heterocycles. The van der Waals surface area contributed by atoms with Crippen molar-refractivity contribution >= 4 is 22.7 Å². The summed E-state index contributed by atoms with van der Waals surface area (Å²) in [6.45, 7) is 3.70. The summed E-state index contributed by atoms with van der Waals surface area (Å²) in [5, 5.41) is 2.23. The highest BCUT2D eigenvalue weighted by Gasteiger charge is 2.04. The molecule has 2 aromatic carbocycles. The van der Waals surface area contributed by atoms with Crippen LogP contribution in [0.15, 0.2) is 49.1 Å². The van der Waals surface area contributed by atoms with Crippen molar-refractivity contribution in [3.8, 4) is 5.75 Å². The number of fused-ring (bicyclic) bond motifs is 1. The van der Waals surface area contributed by atoms with Gasteiger partial charge in [0.15, 0.2) is 11.9 Å². The van der Waals surface area contributed by atoms with Gasteiger partial charge in [-0.3, -0.25) is 0 Å². The van der Waals surface area contributed by atoms with E-state index in [1.165, 1.54) is 0 Å². The molecule has 0 spiro atoms. The zero-order valence-corrected chi connectivity index (χ0v) is 9.61. The van der Waals surface area contributed by atoms with E-state index in [-0.39, 0.29) is 11.9 Å². The predicted molar refractivity (Wildman–Crippen MR) is 68.0 cm³/mol. The molecule has 0 saturated heterocycles. The third kappa shape index (κ3) is 2.14. The Bertz CT molecular complexity index is 486. The first-order valence-corrected chi connectivity index (χ1v) is 5.70. The smallest absolute Gasteiger partial charge is 0.193 e. The normalized spacial score (nSPS) is 10.2. The fourth-order valence-corrected chi connectivity index (χ4v) is 1.96. The molecule has 82 valence electrons. The topological polar surface area (TPSA) is 26.3 Å². The monoisotopic (exact) mass is 232 g/mol. The molecule has 0 aromatic heterocycles. The Morgan fingerprint density at radius 3 is 2.56 bits per heavy atom. The second kappa shape index (κ2) is 4.94. The van der Waals surface area contributed by atoms with E-state index >= 15 is 0 Å². The van der Waals surface area contributed by atoms with Crippen LogP contribution < -0.4 is 4.18 Å². The van der Waals surface area contributed by atoms with Gasteiger partial charge < -0.3 is 4.18 Å². The van der Waals surface area contributed by atoms with Crippen LogP contribution in [0.5, 0.6) is 5.75 Å². The molecule has 0 unspecified atom stereocenters.